The van der Waals surface area contributed by atoms with Crippen LogP contribution >= 0.6 is 12.6 Å². The molecule has 0 aliphatic rings. The summed E-state index contributed by atoms with van der Waals surface area (Å²) < 4.78 is 0. The van der Waals surface area contributed by atoms with Crippen LogP contribution in [0.5, 0.6) is 0 Å². The van der Waals surface area contributed by atoms with Crippen molar-refractivity contribution in [2.24, 2.45) is 0 Å². The van der Waals surface area contributed by atoms with Crippen LogP contribution in [0.4, 0.5) is 0 Å². The van der Waals surface area contributed by atoms with E-state index in [1.165, 1.54) is 0 Å². The molecule has 0 saturated heterocycles. The number of rotatable bonds is 1. The number of aromatic nitrogens is 2. The number of H-pyrrole nitrogens is 1. The molecule has 1 heterocycles. The zero-order chi connectivity index (χ0) is 6.85. The molecule has 1 aromatic rings. The van der Waals surface area contributed by atoms with Gasteiger partial charge in [0, 0.05) is 10.9 Å². The smallest absolute Gasteiger partial charge is 0.0749 e. The molecule has 0 aliphatic carbocycles. The molecule has 1 rings (SSSR count). The highest BCUT2D eigenvalue weighted by Crippen LogP contribution is 2.15. The van der Waals surface area contributed by atoms with E-state index in [0.29, 0.717) is 0 Å². The zero-order valence-corrected chi connectivity index (χ0v) is 6.44. The number of thiol groups is 1. The third-order valence-electron chi connectivity index (χ3n) is 1.15. The SMILES string of the molecule is Cc1cc(C(C)S)n[nH]1. The average molecular weight is 142 g/mol. The van der Waals surface area contributed by atoms with Gasteiger partial charge in [0.05, 0.1) is 5.69 Å². The summed E-state index contributed by atoms with van der Waals surface area (Å²) in [4.78, 5) is 0. The molecule has 9 heavy (non-hydrogen) atoms. The van der Waals surface area contributed by atoms with Crippen LogP contribution in [0.25, 0.3) is 0 Å². The van der Waals surface area contributed by atoms with Crippen molar-refractivity contribution in [3.8, 4) is 0 Å². The lowest BCUT2D eigenvalue weighted by Crippen LogP contribution is -1.82. The van der Waals surface area contributed by atoms with E-state index < -0.39 is 0 Å². The van der Waals surface area contributed by atoms with Gasteiger partial charge >= 0.3 is 0 Å². The molecule has 50 valence electrons. The van der Waals surface area contributed by atoms with Crippen LogP contribution in [-0.2, 0) is 0 Å². The van der Waals surface area contributed by atoms with Gasteiger partial charge in [-0.15, -0.1) is 0 Å². The van der Waals surface area contributed by atoms with E-state index in [1.54, 1.807) is 0 Å². The quantitative estimate of drug-likeness (QED) is 0.574. The van der Waals surface area contributed by atoms with Gasteiger partial charge in [0.1, 0.15) is 0 Å². The Hall–Kier alpha value is -0.440. The third-order valence-corrected chi connectivity index (χ3v) is 1.42. The maximum Gasteiger partial charge on any atom is 0.0749 e. The second kappa shape index (κ2) is 2.43. The van der Waals surface area contributed by atoms with Crippen molar-refractivity contribution in [3.05, 3.63) is 17.5 Å². The van der Waals surface area contributed by atoms with Crippen LogP contribution in [0, 0.1) is 6.92 Å². The summed E-state index contributed by atoms with van der Waals surface area (Å²) in [6.45, 7) is 3.98. The van der Waals surface area contributed by atoms with Gasteiger partial charge in [-0.1, -0.05) is 0 Å². The van der Waals surface area contributed by atoms with Crippen molar-refractivity contribution in [2.75, 3.05) is 0 Å². The Balaban J connectivity index is 2.85. The molecule has 0 radical (unpaired) electrons. The largest absolute Gasteiger partial charge is 0.283 e. The Bertz CT molecular complexity index is 193. The van der Waals surface area contributed by atoms with E-state index in [-0.39, 0.29) is 5.25 Å². The predicted molar refractivity (Wildman–Crippen MR) is 40.7 cm³/mol. The van der Waals surface area contributed by atoms with Gasteiger partial charge in [-0.3, -0.25) is 5.10 Å². The van der Waals surface area contributed by atoms with Crippen molar-refractivity contribution in [1.29, 1.82) is 0 Å². The Morgan fingerprint density at radius 2 is 2.44 bits per heavy atom. The molecule has 0 spiro atoms. The van der Waals surface area contributed by atoms with Crippen molar-refractivity contribution in [3.63, 3.8) is 0 Å². The maximum absolute atomic E-state index is 4.22. The van der Waals surface area contributed by atoms with Crippen molar-refractivity contribution < 1.29 is 0 Å². The number of aromatic amines is 1. The lowest BCUT2D eigenvalue weighted by atomic mass is 10.3. The summed E-state index contributed by atoms with van der Waals surface area (Å²) in [6.07, 6.45) is 0. The molecule has 1 atom stereocenters. The molecule has 0 saturated carbocycles. The highest BCUT2D eigenvalue weighted by molar-refractivity contribution is 7.80. The van der Waals surface area contributed by atoms with Gasteiger partial charge in [-0.05, 0) is 19.9 Å². The standard InChI is InChI=1S/C6H10N2S/c1-4-3-6(5(2)9)8-7-4/h3,5,9H,1-2H3,(H,7,8). The normalized spacial score (nSPS) is 13.7. The van der Waals surface area contributed by atoms with Crippen LogP contribution < -0.4 is 0 Å². The number of nitrogens with one attached hydrogen (secondary N) is 1. The molecule has 2 nitrogen and oxygen atoms in total. The number of nitrogens with zero attached hydrogens (tertiary/aromatic N) is 1. The lowest BCUT2D eigenvalue weighted by Gasteiger charge is -1.93. The van der Waals surface area contributed by atoms with Gasteiger partial charge < -0.3 is 0 Å². The number of hydrogen-bond acceptors (Lipinski definition) is 2. The van der Waals surface area contributed by atoms with Crippen LogP contribution in [-0.4, -0.2) is 10.2 Å². The first-order valence-corrected chi connectivity index (χ1v) is 3.42. The van der Waals surface area contributed by atoms with E-state index in [1.807, 2.05) is 19.9 Å². The summed E-state index contributed by atoms with van der Waals surface area (Å²) in [5.74, 6) is 0. The summed E-state index contributed by atoms with van der Waals surface area (Å²) in [6, 6.07) is 2.00. The Morgan fingerprint density at radius 1 is 1.78 bits per heavy atom. The van der Waals surface area contributed by atoms with Crippen LogP contribution in [0.15, 0.2) is 6.07 Å². The molecule has 3 heteroatoms. The Kier molecular flexibility index (Phi) is 1.81. The van der Waals surface area contributed by atoms with E-state index in [0.717, 1.165) is 11.4 Å². The highest BCUT2D eigenvalue weighted by atomic mass is 32.1. The predicted octanol–water partition coefficient (Wildman–Crippen LogP) is 1.71. The Morgan fingerprint density at radius 3 is 2.67 bits per heavy atom. The number of aryl methyl sites for hydroxylation is 1. The van der Waals surface area contributed by atoms with Gasteiger partial charge in [0.25, 0.3) is 0 Å². The molecule has 1 unspecified atom stereocenters. The minimum Gasteiger partial charge on any atom is -0.283 e. The van der Waals surface area contributed by atoms with Crippen molar-refractivity contribution in [2.45, 2.75) is 19.1 Å². The van der Waals surface area contributed by atoms with E-state index >= 15 is 0 Å². The van der Waals surface area contributed by atoms with Crippen molar-refractivity contribution >= 4 is 12.6 Å². The van der Waals surface area contributed by atoms with Crippen LogP contribution in [0.3, 0.4) is 0 Å². The fraction of sp³-hybridized carbons (Fsp3) is 0.500. The van der Waals surface area contributed by atoms with E-state index in [9.17, 15) is 0 Å². The van der Waals surface area contributed by atoms with Gasteiger partial charge in [-0.2, -0.15) is 17.7 Å². The molecular weight excluding hydrogens is 132 g/mol. The fourth-order valence-electron chi connectivity index (χ4n) is 0.653. The lowest BCUT2D eigenvalue weighted by molar-refractivity contribution is 0.952. The topological polar surface area (TPSA) is 28.7 Å². The minimum atomic E-state index is 0.231. The monoisotopic (exact) mass is 142 g/mol. The molecule has 0 bridgehead atoms. The average Bonchev–Trinajstić information content (AvgIpc) is 2.14. The summed E-state index contributed by atoms with van der Waals surface area (Å²) >= 11 is 4.22. The second-order valence-corrected chi connectivity index (χ2v) is 2.93. The first kappa shape index (κ1) is 6.68. The Labute approximate surface area is 60.1 Å². The van der Waals surface area contributed by atoms with Gasteiger partial charge in [-0.25, -0.2) is 0 Å². The molecular formula is C6H10N2S. The summed E-state index contributed by atoms with van der Waals surface area (Å²) in [7, 11) is 0. The first-order chi connectivity index (χ1) is 4.20. The summed E-state index contributed by atoms with van der Waals surface area (Å²) in [5, 5.41) is 7.10. The molecule has 0 fully saturated rings. The molecule has 1 N–H and O–H groups in total. The van der Waals surface area contributed by atoms with Crippen LogP contribution in [0.2, 0.25) is 0 Å². The fourth-order valence-corrected chi connectivity index (χ4v) is 0.785. The minimum absolute atomic E-state index is 0.231. The van der Waals surface area contributed by atoms with Crippen molar-refractivity contribution in [1.82, 2.24) is 10.2 Å². The molecule has 0 aromatic carbocycles. The molecule has 0 amide bonds. The van der Waals surface area contributed by atoms with Gasteiger partial charge in [0.15, 0.2) is 0 Å². The maximum atomic E-state index is 4.22. The van der Waals surface area contributed by atoms with Crippen LogP contribution in [0.1, 0.15) is 23.6 Å². The number of hydrogen-bond donors (Lipinski definition) is 2. The first-order valence-electron chi connectivity index (χ1n) is 2.90. The molecule has 1 aromatic heterocycles. The molecule has 0 aliphatic heterocycles. The zero-order valence-electron chi connectivity index (χ0n) is 5.55. The third kappa shape index (κ3) is 1.48. The summed E-state index contributed by atoms with van der Waals surface area (Å²) in [5.41, 5.74) is 2.10. The van der Waals surface area contributed by atoms with E-state index in [2.05, 4.69) is 22.8 Å². The highest BCUT2D eigenvalue weighted by Gasteiger charge is 2.01. The van der Waals surface area contributed by atoms with E-state index in [4.69, 9.17) is 0 Å². The van der Waals surface area contributed by atoms with Gasteiger partial charge in [0.2, 0.25) is 0 Å². The second-order valence-electron chi connectivity index (χ2n) is 2.15.